The fourth-order valence-corrected chi connectivity index (χ4v) is 2.12. The molecule has 2 heterocycles. The van der Waals surface area contributed by atoms with Crippen molar-refractivity contribution < 1.29 is 9.53 Å². The van der Waals surface area contributed by atoms with E-state index < -0.39 is 0 Å². The van der Waals surface area contributed by atoms with Gasteiger partial charge in [0, 0.05) is 25.6 Å². The van der Waals surface area contributed by atoms with Crippen LogP contribution in [0, 0.1) is 11.8 Å². The van der Waals surface area contributed by atoms with Crippen LogP contribution in [0.2, 0.25) is 0 Å². The Labute approximate surface area is 91.0 Å². The van der Waals surface area contributed by atoms with E-state index in [0.717, 1.165) is 39.2 Å². The first kappa shape index (κ1) is 10.9. The van der Waals surface area contributed by atoms with E-state index in [0.29, 0.717) is 18.4 Å². The smallest absolute Gasteiger partial charge is 0.225 e. The van der Waals surface area contributed by atoms with E-state index in [2.05, 4.69) is 12.2 Å². The second kappa shape index (κ2) is 4.94. The summed E-state index contributed by atoms with van der Waals surface area (Å²) in [7, 11) is 0. The molecule has 2 saturated heterocycles. The molecule has 4 heteroatoms. The first-order valence-corrected chi connectivity index (χ1v) is 5.86. The van der Waals surface area contributed by atoms with Gasteiger partial charge in [-0.2, -0.15) is 0 Å². The fourth-order valence-electron chi connectivity index (χ4n) is 2.12. The second-order valence-electron chi connectivity index (χ2n) is 4.50. The van der Waals surface area contributed by atoms with Gasteiger partial charge < -0.3 is 15.0 Å². The van der Waals surface area contributed by atoms with Crippen LogP contribution in [0.5, 0.6) is 0 Å². The maximum absolute atomic E-state index is 12.1. The van der Waals surface area contributed by atoms with E-state index in [1.165, 1.54) is 0 Å². The molecule has 1 unspecified atom stereocenters. The normalized spacial score (nSPS) is 25.5. The first-order chi connectivity index (χ1) is 7.29. The molecule has 2 aliphatic rings. The van der Waals surface area contributed by atoms with E-state index >= 15 is 0 Å². The zero-order valence-corrected chi connectivity index (χ0v) is 9.37. The first-order valence-electron chi connectivity index (χ1n) is 5.86. The van der Waals surface area contributed by atoms with Crippen LogP contribution in [-0.2, 0) is 9.53 Å². The van der Waals surface area contributed by atoms with E-state index in [-0.39, 0.29) is 5.92 Å². The van der Waals surface area contributed by atoms with Crippen LogP contribution in [0.15, 0.2) is 0 Å². The number of rotatable bonds is 2. The summed E-state index contributed by atoms with van der Waals surface area (Å²) in [6, 6.07) is 0. The molecule has 1 N–H and O–H groups in total. The number of carbonyl (C=O) groups is 1. The summed E-state index contributed by atoms with van der Waals surface area (Å²) in [6.07, 6.45) is 0.974. The highest BCUT2D eigenvalue weighted by Gasteiger charge is 2.31. The minimum absolute atomic E-state index is 0.171. The third-order valence-corrected chi connectivity index (χ3v) is 3.44. The monoisotopic (exact) mass is 212 g/mol. The van der Waals surface area contributed by atoms with Crippen LogP contribution in [0.4, 0.5) is 0 Å². The number of hydrogen-bond acceptors (Lipinski definition) is 3. The molecule has 0 aliphatic carbocycles. The Balaban J connectivity index is 1.86. The molecule has 15 heavy (non-hydrogen) atoms. The van der Waals surface area contributed by atoms with Crippen molar-refractivity contribution in [2.24, 2.45) is 11.8 Å². The summed E-state index contributed by atoms with van der Waals surface area (Å²) in [5.41, 5.74) is 0. The van der Waals surface area contributed by atoms with Gasteiger partial charge in [0.25, 0.3) is 0 Å². The predicted molar refractivity (Wildman–Crippen MR) is 57.5 cm³/mol. The molecule has 0 saturated carbocycles. The molecule has 1 atom stereocenters. The van der Waals surface area contributed by atoms with E-state index in [9.17, 15) is 4.79 Å². The van der Waals surface area contributed by atoms with Gasteiger partial charge in [0.2, 0.25) is 5.91 Å². The number of amides is 1. The Morgan fingerprint density at radius 1 is 1.40 bits per heavy atom. The average molecular weight is 212 g/mol. The van der Waals surface area contributed by atoms with Crippen LogP contribution in [0.25, 0.3) is 0 Å². The molecule has 0 bridgehead atoms. The number of nitrogens with one attached hydrogen (secondary N) is 1. The van der Waals surface area contributed by atoms with Crippen molar-refractivity contribution in [3.63, 3.8) is 0 Å². The topological polar surface area (TPSA) is 41.6 Å². The zero-order chi connectivity index (χ0) is 10.7. The van der Waals surface area contributed by atoms with Gasteiger partial charge in [-0.3, -0.25) is 4.79 Å². The highest BCUT2D eigenvalue weighted by molar-refractivity contribution is 5.79. The van der Waals surface area contributed by atoms with Gasteiger partial charge in [-0.1, -0.05) is 6.92 Å². The third-order valence-electron chi connectivity index (χ3n) is 3.44. The minimum atomic E-state index is 0.171. The molecular formula is C11H20N2O2. The molecular weight excluding hydrogens is 192 g/mol. The Morgan fingerprint density at radius 3 is 2.87 bits per heavy atom. The summed E-state index contributed by atoms with van der Waals surface area (Å²) >= 11 is 0. The number of ether oxygens (including phenoxy) is 1. The molecule has 0 aromatic heterocycles. The summed E-state index contributed by atoms with van der Waals surface area (Å²) < 4.78 is 5.35. The van der Waals surface area contributed by atoms with Gasteiger partial charge >= 0.3 is 0 Å². The number of hydrogen-bond donors (Lipinski definition) is 1. The van der Waals surface area contributed by atoms with Crippen molar-refractivity contribution >= 4 is 5.91 Å². The van der Waals surface area contributed by atoms with Gasteiger partial charge in [-0.15, -0.1) is 0 Å². The lowest BCUT2D eigenvalue weighted by atomic mass is 9.88. The Hall–Kier alpha value is -0.610. The minimum Gasteiger partial charge on any atom is -0.380 e. The maximum atomic E-state index is 12.1. The van der Waals surface area contributed by atoms with Gasteiger partial charge in [-0.05, 0) is 25.4 Å². The van der Waals surface area contributed by atoms with Crippen LogP contribution in [-0.4, -0.2) is 50.2 Å². The molecule has 0 aromatic rings. The molecule has 0 aromatic carbocycles. The van der Waals surface area contributed by atoms with E-state index in [4.69, 9.17) is 4.74 Å². The van der Waals surface area contributed by atoms with Crippen LogP contribution in [0.1, 0.15) is 13.3 Å². The van der Waals surface area contributed by atoms with Crippen LogP contribution >= 0.6 is 0 Å². The quantitative estimate of drug-likeness (QED) is 0.705. The molecule has 1 amide bonds. The Morgan fingerprint density at radius 2 is 2.20 bits per heavy atom. The van der Waals surface area contributed by atoms with E-state index in [1.807, 2.05) is 4.90 Å². The lowest BCUT2D eigenvalue weighted by Gasteiger charge is -2.34. The molecule has 4 nitrogen and oxygen atoms in total. The highest BCUT2D eigenvalue weighted by atomic mass is 16.5. The SMILES string of the molecule is CC(C(=O)N1CCCOCC1)C1CNC1. The van der Waals surface area contributed by atoms with Gasteiger partial charge in [-0.25, -0.2) is 0 Å². The lowest BCUT2D eigenvalue weighted by molar-refractivity contribution is -0.137. The molecule has 2 rings (SSSR count). The van der Waals surface area contributed by atoms with Crippen molar-refractivity contribution in [2.75, 3.05) is 39.4 Å². The summed E-state index contributed by atoms with van der Waals surface area (Å²) in [6.45, 7) is 7.17. The molecule has 0 radical (unpaired) electrons. The zero-order valence-electron chi connectivity index (χ0n) is 9.37. The largest absolute Gasteiger partial charge is 0.380 e. The maximum Gasteiger partial charge on any atom is 0.225 e. The predicted octanol–water partition coefficient (Wildman–Crippen LogP) is 0.0908. The molecule has 2 aliphatic heterocycles. The molecule has 2 fully saturated rings. The number of nitrogens with zero attached hydrogens (tertiary/aromatic N) is 1. The van der Waals surface area contributed by atoms with Crippen molar-refractivity contribution in [2.45, 2.75) is 13.3 Å². The van der Waals surface area contributed by atoms with Crippen LogP contribution < -0.4 is 5.32 Å². The summed E-state index contributed by atoms with van der Waals surface area (Å²) in [5.74, 6) is 1.03. The van der Waals surface area contributed by atoms with Gasteiger partial charge in [0.05, 0.1) is 6.61 Å². The third kappa shape index (κ3) is 2.49. The van der Waals surface area contributed by atoms with E-state index in [1.54, 1.807) is 0 Å². The standard InChI is InChI=1S/C11H20N2O2/c1-9(10-7-12-8-10)11(14)13-3-2-5-15-6-4-13/h9-10,12H,2-8H2,1H3. The molecule has 86 valence electrons. The molecule has 0 spiro atoms. The van der Waals surface area contributed by atoms with Crippen molar-refractivity contribution in [3.05, 3.63) is 0 Å². The second-order valence-corrected chi connectivity index (χ2v) is 4.50. The van der Waals surface area contributed by atoms with Crippen molar-refractivity contribution in [1.29, 1.82) is 0 Å². The highest BCUT2D eigenvalue weighted by Crippen LogP contribution is 2.19. The average Bonchev–Trinajstić information content (AvgIpc) is 2.41. The van der Waals surface area contributed by atoms with Gasteiger partial charge in [0.1, 0.15) is 0 Å². The van der Waals surface area contributed by atoms with Gasteiger partial charge in [0.15, 0.2) is 0 Å². The van der Waals surface area contributed by atoms with Crippen LogP contribution in [0.3, 0.4) is 0 Å². The Bertz CT molecular complexity index is 221. The number of carbonyl (C=O) groups excluding carboxylic acids is 1. The summed E-state index contributed by atoms with van der Waals surface area (Å²) in [5, 5.41) is 3.22. The Kier molecular flexibility index (Phi) is 3.59. The lowest BCUT2D eigenvalue weighted by Crippen LogP contribution is -2.50. The fraction of sp³-hybridized carbons (Fsp3) is 0.909. The summed E-state index contributed by atoms with van der Waals surface area (Å²) in [4.78, 5) is 14.1. The van der Waals surface area contributed by atoms with Crippen molar-refractivity contribution in [1.82, 2.24) is 10.2 Å². The van der Waals surface area contributed by atoms with Crippen molar-refractivity contribution in [3.8, 4) is 0 Å².